The van der Waals surface area contributed by atoms with Crippen LogP contribution in [0.15, 0.2) is 24.3 Å². The third kappa shape index (κ3) is 4.21. The van der Waals surface area contributed by atoms with Crippen molar-refractivity contribution in [1.29, 1.82) is 0 Å². The number of para-hydroxylation sites is 1. The minimum atomic E-state index is 0.245. The lowest BCUT2D eigenvalue weighted by Gasteiger charge is -2.23. The number of nitrogens with one attached hydrogen (secondary N) is 1. The number of benzene rings is 1. The largest absolute Gasteiger partial charge is 0.377 e. The molecule has 1 N–H and O–H groups in total. The van der Waals surface area contributed by atoms with Crippen molar-refractivity contribution in [2.24, 2.45) is 0 Å². The van der Waals surface area contributed by atoms with Crippen molar-refractivity contribution >= 4 is 11.6 Å². The van der Waals surface area contributed by atoms with Crippen LogP contribution in [-0.2, 0) is 4.79 Å². The Morgan fingerprint density at radius 2 is 1.95 bits per heavy atom. The first-order chi connectivity index (χ1) is 10.1. The molecule has 1 aromatic carbocycles. The maximum absolute atomic E-state index is 12.0. The summed E-state index contributed by atoms with van der Waals surface area (Å²) in [6, 6.07) is 8.64. The Hall–Kier alpha value is -1.55. The molecule has 1 saturated heterocycles. The third-order valence-corrected chi connectivity index (χ3v) is 4.13. The minimum Gasteiger partial charge on any atom is -0.377 e. The van der Waals surface area contributed by atoms with E-state index < -0.39 is 0 Å². The van der Waals surface area contributed by atoms with Crippen molar-refractivity contribution in [3.63, 3.8) is 0 Å². The van der Waals surface area contributed by atoms with Crippen molar-refractivity contribution in [1.82, 2.24) is 10.2 Å². The Labute approximate surface area is 128 Å². The maximum atomic E-state index is 12.0. The predicted molar refractivity (Wildman–Crippen MR) is 87.6 cm³/mol. The van der Waals surface area contributed by atoms with Gasteiger partial charge in [0.1, 0.15) is 0 Å². The number of carbonyl (C=O) groups is 1. The molecule has 1 fully saturated rings. The molecular formula is C17H27N3O. The monoisotopic (exact) mass is 289 g/mol. The van der Waals surface area contributed by atoms with E-state index in [9.17, 15) is 4.79 Å². The van der Waals surface area contributed by atoms with Gasteiger partial charge in [0.15, 0.2) is 0 Å². The fourth-order valence-corrected chi connectivity index (χ4v) is 2.89. The molecule has 1 aliphatic heterocycles. The Morgan fingerprint density at radius 1 is 1.29 bits per heavy atom. The summed E-state index contributed by atoms with van der Waals surface area (Å²) in [4.78, 5) is 16.1. The van der Waals surface area contributed by atoms with Crippen LogP contribution in [0.1, 0.15) is 37.8 Å². The van der Waals surface area contributed by atoms with Crippen molar-refractivity contribution in [3.05, 3.63) is 29.8 Å². The average molecular weight is 289 g/mol. The SMILES string of the molecule is CC(NCCC(=O)N1CCCC1)c1ccccc1N(C)C. The van der Waals surface area contributed by atoms with E-state index in [1.165, 1.54) is 11.3 Å². The van der Waals surface area contributed by atoms with Gasteiger partial charge in [0.05, 0.1) is 0 Å². The Balaban J connectivity index is 1.84. The summed E-state index contributed by atoms with van der Waals surface area (Å²) >= 11 is 0. The van der Waals surface area contributed by atoms with Crippen molar-refractivity contribution in [2.45, 2.75) is 32.2 Å². The molecule has 1 heterocycles. The van der Waals surface area contributed by atoms with Gasteiger partial charge in [0.2, 0.25) is 5.91 Å². The number of hydrogen-bond donors (Lipinski definition) is 1. The summed E-state index contributed by atoms with van der Waals surface area (Å²) < 4.78 is 0. The molecule has 0 saturated carbocycles. The number of nitrogens with zero attached hydrogens (tertiary/aromatic N) is 2. The summed E-state index contributed by atoms with van der Waals surface area (Å²) in [5.41, 5.74) is 2.50. The average Bonchev–Trinajstić information content (AvgIpc) is 3.01. The number of rotatable bonds is 6. The first-order valence-corrected chi connectivity index (χ1v) is 7.87. The van der Waals surface area contributed by atoms with Crippen LogP contribution in [0.2, 0.25) is 0 Å². The second-order valence-electron chi connectivity index (χ2n) is 5.97. The van der Waals surface area contributed by atoms with Crippen LogP contribution in [0, 0.1) is 0 Å². The number of anilines is 1. The quantitative estimate of drug-likeness (QED) is 0.873. The molecule has 116 valence electrons. The van der Waals surface area contributed by atoms with Gasteiger partial charge in [0.25, 0.3) is 0 Å². The maximum Gasteiger partial charge on any atom is 0.223 e. The van der Waals surface area contributed by atoms with E-state index >= 15 is 0 Å². The highest BCUT2D eigenvalue weighted by Crippen LogP contribution is 2.24. The number of likely N-dealkylation sites (tertiary alicyclic amines) is 1. The molecule has 0 spiro atoms. The van der Waals surface area contributed by atoms with Crippen LogP contribution in [0.25, 0.3) is 0 Å². The van der Waals surface area contributed by atoms with Gasteiger partial charge < -0.3 is 15.1 Å². The van der Waals surface area contributed by atoms with Gasteiger partial charge >= 0.3 is 0 Å². The van der Waals surface area contributed by atoms with Crippen LogP contribution in [0.5, 0.6) is 0 Å². The van der Waals surface area contributed by atoms with E-state index in [0.717, 1.165) is 32.5 Å². The molecule has 2 rings (SSSR count). The standard InChI is InChI=1S/C17H27N3O/c1-14(15-8-4-5-9-16(15)19(2)3)18-11-10-17(21)20-12-6-7-13-20/h4-5,8-9,14,18H,6-7,10-13H2,1-3H3. The van der Waals surface area contributed by atoms with Gasteiger partial charge in [-0.25, -0.2) is 0 Å². The molecule has 0 radical (unpaired) electrons. The molecule has 0 aromatic heterocycles. The molecule has 4 heteroatoms. The van der Waals surface area contributed by atoms with Crippen LogP contribution in [0.3, 0.4) is 0 Å². The Kier molecular flexibility index (Phi) is 5.62. The van der Waals surface area contributed by atoms with Crippen molar-refractivity contribution < 1.29 is 4.79 Å². The highest BCUT2D eigenvalue weighted by atomic mass is 16.2. The van der Waals surface area contributed by atoms with Gasteiger partial charge in [-0.05, 0) is 31.4 Å². The Bertz CT molecular complexity index is 467. The van der Waals surface area contributed by atoms with Gasteiger partial charge in [-0.1, -0.05) is 18.2 Å². The molecule has 4 nitrogen and oxygen atoms in total. The van der Waals surface area contributed by atoms with Crippen LogP contribution >= 0.6 is 0 Å². The molecular weight excluding hydrogens is 262 g/mol. The smallest absolute Gasteiger partial charge is 0.223 e. The number of hydrogen-bond acceptors (Lipinski definition) is 3. The zero-order chi connectivity index (χ0) is 15.2. The fourth-order valence-electron chi connectivity index (χ4n) is 2.89. The molecule has 1 amide bonds. The summed E-state index contributed by atoms with van der Waals surface area (Å²) in [6.45, 7) is 4.77. The lowest BCUT2D eigenvalue weighted by Crippen LogP contribution is -2.31. The van der Waals surface area contributed by atoms with E-state index in [2.05, 4.69) is 55.5 Å². The van der Waals surface area contributed by atoms with Crippen molar-refractivity contribution in [2.75, 3.05) is 38.6 Å². The first kappa shape index (κ1) is 15.8. The normalized spacial score (nSPS) is 16.0. The van der Waals surface area contributed by atoms with E-state index in [1.54, 1.807) is 0 Å². The van der Waals surface area contributed by atoms with Crippen LogP contribution < -0.4 is 10.2 Å². The molecule has 1 atom stereocenters. The summed E-state index contributed by atoms with van der Waals surface area (Å²) in [5, 5.41) is 3.47. The fraction of sp³-hybridized carbons (Fsp3) is 0.588. The lowest BCUT2D eigenvalue weighted by molar-refractivity contribution is -0.130. The minimum absolute atomic E-state index is 0.245. The summed E-state index contributed by atoms with van der Waals surface area (Å²) in [6.07, 6.45) is 2.91. The van der Waals surface area contributed by atoms with Crippen LogP contribution in [0.4, 0.5) is 5.69 Å². The predicted octanol–water partition coefficient (Wildman–Crippen LogP) is 2.42. The summed E-state index contributed by atoms with van der Waals surface area (Å²) in [5.74, 6) is 0.285. The van der Waals surface area contributed by atoms with Crippen molar-refractivity contribution in [3.8, 4) is 0 Å². The molecule has 0 bridgehead atoms. The first-order valence-electron chi connectivity index (χ1n) is 7.87. The zero-order valence-electron chi connectivity index (χ0n) is 13.4. The van der Waals surface area contributed by atoms with E-state index in [0.29, 0.717) is 6.42 Å². The molecule has 0 aliphatic carbocycles. The number of amides is 1. The topological polar surface area (TPSA) is 35.6 Å². The van der Waals surface area contributed by atoms with Gasteiger partial charge in [-0.15, -0.1) is 0 Å². The van der Waals surface area contributed by atoms with Gasteiger partial charge in [-0.2, -0.15) is 0 Å². The lowest BCUT2D eigenvalue weighted by atomic mass is 10.1. The highest BCUT2D eigenvalue weighted by Gasteiger charge is 2.18. The zero-order valence-corrected chi connectivity index (χ0v) is 13.4. The molecule has 1 aromatic rings. The second-order valence-corrected chi connectivity index (χ2v) is 5.97. The third-order valence-electron chi connectivity index (χ3n) is 4.13. The van der Waals surface area contributed by atoms with E-state index in [4.69, 9.17) is 0 Å². The van der Waals surface area contributed by atoms with Crippen LogP contribution in [-0.4, -0.2) is 44.5 Å². The second kappa shape index (κ2) is 7.46. The molecule has 1 unspecified atom stereocenters. The van der Waals surface area contributed by atoms with Gasteiger partial charge in [-0.3, -0.25) is 4.79 Å². The number of carbonyl (C=O) groups excluding carboxylic acids is 1. The molecule has 21 heavy (non-hydrogen) atoms. The van der Waals surface area contributed by atoms with Gasteiger partial charge in [0, 0.05) is 51.9 Å². The summed E-state index contributed by atoms with van der Waals surface area (Å²) in [7, 11) is 4.12. The highest BCUT2D eigenvalue weighted by molar-refractivity contribution is 5.76. The Morgan fingerprint density at radius 3 is 2.62 bits per heavy atom. The van der Waals surface area contributed by atoms with E-state index in [1.807, 2.05) is 4.90 Å². The molecule has 1 aliphatic rings. The van der Waals surface area contributed by atoms with E-state index in [-0.39, 0.29) is 11.9 Å².